The zero-order valence-electron chi connectivity index (χ0n) is 13.8. The van der Waals surface area contributed by atoms with Gasteiger partial charge in [0.05, 0.1) is 11.1 Å². The first kappa shape index (κ1) is 17.1. The third-order valence-corrected chi connectivity index (χ3v) is 3.78. The van der Waals surface area contributed by atoms with Crippen molar-refractivity contribution in [1.29, 1.82) is 5.41 Å². The molecule has 0 amide bonds. The quantitative estimate of drug-likeness (QED) is 0.244. The maximum Gasteiger partial charge on any atom is 0.343 e. The van der Waals surface area contributed by atoms with E-state index in [0.717, 1.165) is 0 Å². The largest absolute Gasteiger partial charge is 0.422 e. The minimum absolute atomic E-state index is 0.123. The van der Waals surface area contributed by atoms with Gasteiger partial charge in [-0.3, -0.25) is 10.2 Å². The van der Waals surface area contributed by atoms with Crippen molar-refractivity contribution in [3.63, 3.8) is 0 Å². The minimum atomic E-state index is -0.566. The molecular formula is C21H16N2O3. The molecule has 0 spiro atoms. The van der Waals surface area contributed by atoms with Crippen molar-refractivity contribution in [2.24, 2.45) is 5.73 Å². The van der Waals surface area contributed by atoms with Crippen molar-refractivity contribution in [2.45, 2.75) is 0 Å². The van der Waals surface area contributed by atoms with Gasteiger partial charge in [0.2, 0.25) is 0 Å². The highest BCUT2D eigenvalue weighted by Crippen LogP contribution is 2.24. The number of hydrogen-bond acceptors (Lipinski definition) is 4. The lowest BCUT2D eigenvalue weighted by atomic mass is 10.00. The van der Waals surface area contributed by atoms with Gasteiger partial charge in [0.25, 0.3) is 0 Å². The molecule has 3 rings (SSSR count). The second-order valence-corrected chi connectivity index (χ2v) is 5.58. The standard InChI is InChI=1S/C21H16N2O3/c22-20(23)16-11-12-18(26-21(25)15-9-5-2-6-10-15)17(13-16)19(24)14-7-3-1-4-8-14/h1-13H,(H3,22,23). The molecule has 0 saturated heterocycles. The molecule has 0 heterocycles. The summed E-state index contributed by atoms with van der Waals surface area (Å²) in [6, 6.07) is 21.6. The van der Waals surface area contributed by atoms with Gasteiger partial charge in [-0.15, -0.1) is 0 Å². The van der Waals surface area contributed by atoms with Crippen molar-refractivity contribution in [3.05, 3.63) is 101 Å². The first-order chi connectivity index (χ1) is 12.6. The zero-order chi connectivity index (χ0) is 18.5. The Kier molecular flexibility index (Phi) is 4.90. The molecule has 3 N–H and O–H groups in total. The SMILES string of the molecule is N=C(N)c1ccc(OC(=O)c2ccccc2)c(C(=O)c2ccccc2)c1. The third-order valence-electron chi connectivity index (χ3n) is 3.78. The van der Waals surface area contributed by atoms with Gasteiger partial charge in [-0.05, 0) is 30.3 Å². The highest BCUT2D eigenvalue weighted by molar-refractivity contribution is 6.12. The molecule has 0 aromatic heterocycles. The van der Waals surface area contributed by atoms with E-state index in [9.17, 15) is 9.59 Å². The molecule has 3 aromatic rings. The summed E-state index contributed by atoms with van der Waals surface area (Å²) in [6.45, 7) is 0. The molecule has 0 bridgehead atoms. The highest BCUT2D eigenvalue weighted by Gasteiger charge is 2.19. The van der Waals surface area contributed by atoms with Crippen LogP contribution in [0.4, 0.5) is 0 Å². The van der Waals surface area contributed by atoms with E-state index in [-0.39, 0.29) is 22.9 Å². The second kappa shape index (κ2) is 7.44. The number of nitrogens with two attached hydrogens (primary N) is 1. The lowest BCUT2D eigenvalue weighted by Gasteiger charge is -2.11. The summed E-state index contributed by atoms with van der Waals surface area (Å²) in [5.74, 6) is -0.932. The Hall–Kier alpha value is -3.73. The lowest BCUT2D eigenvalue weighted by Crippen LogP contribution is -2.15. The van der Waals surface area contributed by atoms with Gasteiger partial charge >= 0.3 is 5.97 Å². The fourth-order valence-electron chi connectivity index (χ4n) is 2.44. The second-order valence-electron chi connectivity index (χ2n) is 5.58. The minimum Gasteiger partial charge on any atom is -0.422 e. The molecule has 0 fully saturated rings. The Labute approximate surface area is 150 Å². The number of rotatable bonds is 5. The summed E-state index contributed by atoms with van der Waals surface area (Å²) in [5, 5.41) is 7.58. The Morgan fingerprint density at radius 1 is 0.769 bits per heavy atom. The van der Waals surface area contributed by atoms with Crippen molar-refractivity contribution >= 4 is 17.6 Å². The predicted octanol–water partition coefficient (Wildman–Crippen LogP) is 3.42. The van der Waals surface area contributed by atoms with E-state index in [4.69, 9.17) is 15.9 Å². The van der Waals surface area contributed by atoms with Crippen LogP contribution in [0, 0.1) is 5.41 Å². The van der Waals surface area contributed by atoms with Crippen LogP contribution >= 0.6 is 0 Å². The summed E-state index contributed by atoms with van der Waals surface area (Å²) in [4.78, 5) is 25.2. The third kappa shape index (κ3) is 3.67. The smallest absolute Gasteiger partial charge is 0.343 e. The number of amidine groups is 1. The van der Waals surface area contributed by atoms with Crippen molar-refractivity contribution in [2.75, 3.05) is 0 Å². The van der Waals surface area contributed by atoms with Crippen LogP contribution in [-0.2, 0) is 0 Å². The summed E-state index contributed by atoms with van der Waals surface area (Å²) in [6.07, 6.45) is 0. The fourth-order valence-corrected chi connectivity index (χ4v) is 2.44. The fraction of sp³-hybridized carbons (Fsp3) is 0. The van der Waals surface area contributed by atoms with E-state index in [1.165, 1.54) is 18.2 Å². The Bertz CT molecular complexity index is 967. The molecule has 0 aliphatic heterocycles. The predicted molar refractivity (Wildman–Crippen MR) is 98.7 cm³/mol. The molecule has 128 valence electrons. The molecule has 3 aromatic carbocycles. The van der Waals surface area contributed by atoms with Gasteiger partial charge in [-0.2, -0.15) is 0 Å². The van der Waals surface area contributed by atoms with Gasteiger partial charge in [0, 0.05) is 11.1 Å². The number of carbonyl (C=O) groups is 2. The number of esters is 1. The van der Waals surface area contributed by atoms with E-state index in [0.29, 0.717) is 16.7 Å². The van der Waals surface area contributed by atoms with Crippen molar-refractivity contribution in [1.82, 2.24) is 0 Å². The zero-order valence-corrected chi connectivity index (χ0v) is 13.8. The van der Waals surface area contributed by atoms with Crippen LogP contribution in [0.2, 0.25) is 0 Å². The summed E-state index contributed by atoms with van der Waals surface area (Å²) < 4.78 is 5.44. The van der Waals surface area contributed by atoms with E-state index in [2.05, 4.69) is 0 Å². The van der Waals surface area contributed by atoms with Crippen LogP contribution in [0.15, 0.2) is 78.9 Å². The maximum absolute atomic E-state index is 12.9. The van der Waals surface area contributed by atoms with E-state index in [1.54, 1.807) is 60.7 Å². The number of benzene rings is 3. The molecule has 0 radical (unpaired) electrons. The van der Waals surface area contributed by atoms with Crippen LogP contribution in [0.5, 0.6) is 5.75 Å². The number of hydrogen-bond donors (Lipinski definition) is 2. The average Bonchev–Trinajstić information content (AvgIpc) is 2.69. The van der Waals surface area contributed by atoms with Gasteiger partial charge in [0.15, 0.2) is 5.78 Å². The summed E-state index contributed by atoms with van der Waals surface area (Å²) in [7, 11) is 0. The normalized spacial score (nSPS) is 10.2. The lowest BCUT2D eigenvalue weighted by molar-refractivity contribution is 0.0733. The first-order valence-electron chi connectivity index (χ1n) is 7.91. The topological polar surface area (TPSA) is 93.2 Å². The number of nitrogen functional groups attached to an aromatic ring is 1. The van der Waals surface area contributed by atoms with E-state index in [1.807, 2.05) is 0 Å². The summed E-state index contributed by atoms with van der Waals surface area (Å²) >= 11 is 0. The van der Waals surface area contributed by atoms with Gasteiger partial charge in [-0.25, -0.2) is 4.79 Å². The molecule has 26 heavy (non-hydrogen) atoms. The van der Waals surface area contributed by atoms with Crippen LogP contribution in [0.1, 0.15) is 31.8 Å². The molecule has 0 unspecified atom stereocenters. The number of ether oxygens (including phenoxy) is 1. The first-order valence-corrected chi connectivity index (χ1v) is 7.91. The van der Waals surface area contributed by atoms with Gasteiger partial charge in [0.1, 0.15) is 11.6 Å². The van der Waals surface area contributed by atoms with Crippen LogP contribution in [0.25, 0.3) is 0 Å². The maximum atomic E-state index is 12.9. The molecule has 0 atom stereocenters. The Morgan fingerprint density at radius 3 is 1.92 bits per heavy atom. The molecule has 0 aliphatic rings. The molecule has 5 heteroatoms. The van der Waals surface area contributed by atoms with Crippen molar-refractivity contribution < 1.29 is 14.3 Å². The highest BCUT2D eigenvalue weighted by atomic mass is 16.5. The van der Waals surface area contributed by atoms with Gasteiger partial charge < -0.3 is 10.5 Å². The Morgan fingerprint density at radius 2 is 1.35 bits per heavy atom. The number of ketones is 1. The number of nitrogens with one attached hydrogen (secondary N) is 1. The van der Waals surface area contributed by atoms with Crippen LogP contribution in [-0.4, -0.2) is 17.6 Å². The Balaban J connectivity index is 2.00. The molecular weight excluding hydrogens is 328 g/mol. The average molecular weight is 344 g/mol. The van der Waals surface area contributed by atoms with E-state index >= 15 is 0 Å². The molecule has 0 saturated carbocycles. The number of carbonyl (C=O) groups excluding carboxylic acids is 2. The van der Waals surface area contributed by atoms with Gasteiger partial charge in [-0.1, -0.05) is 48.5 Å². The van der Waals surface area contributed by atoms with E-state index < -0.39 is 5.97 Å². The van der Waals surface area contributed by atoms with Crippen LogP contribution < -0.4 is 10.5 Å². The monoisotopic (exact) mass is 344 g/mol. The summed E-state index contributed by atoms with van der Waals surface area (Å²) in [5.41, 5.74) is 6.91. The van der Waals surface area contributed by atoms with Crippen molar-refractivity contribution in [3.8, 4) is 5.75 Å². The molecule has 5 nitrogen and oxygen atoms in total. The van der Waals surface area contributed by atoms with Crippen LogP contribution in [0.3, 0.4) is 0 Å². The molecule has 0 aliphatic carbocycles.